The molecule has 6 nitrogen and oxygen atoms in total. The quantitative estimate of drug-likeness (QED) is 0.781. The minimum absolute atomic E-state index is 0.0690. The van der Waals surface area contributed by atoms with Crippen LogP contribution in [0.3, 0.4) is 0 Å². The van der Waals surface area contributed by atoms with Crippen LogP contribution < -0.4 is 10.1 Å². The third-order valence-corrected chi connectivity index (χ3v) is 3.47. The lowest BCUT2D eigenvalue weighted by molar-refractivity contribution is 0.0917. The summed E-state index contributed by atoms with van der Waals surface area (Å²) in [6.45, 7) is 2.40. The average Bonchev–Trinajstić information content (AvgIpc) is 3.10. The number of hydrogen-bond donors (Lipinski definition) is 1. The van der Waals surface area contributed by atoms with Crippen LogP contribution in [0.4, 0.5) is 0 Å². The van der Waals surface area contributed by atoms with Crippen LogP contribution in [0.1, 0.15) is 21.8 Å². The number of ether oxygens (including phenoxy) is 1. The second-order valence-electron chi connectivity index (χ2n) is 5.32. The normalized spacial score (nSPS) is 10.4. The van der Waals surface area contributed by atoms with Gasteiger partial charge in [0.05, 0.1) is 7.11 Å². The molecule has 0 radical (unpaired) electrons. The van der Waals surface area contributed by atoms with Gasteiger partial charge in [0, 0.05) is 12.1 Å². The highest BCUT2D eigenvalue weighted by atomic mass is 16.5. The molecular formula is C18H17N3O3. The third kappa shape index (κ3) is 3.60. The van der Waals surface area contributed by atoms with Crippen molar-refractivity contribution in [2.75, 3.05) is 7.11 Å². The molecule has 1 amide bonds. The van der Waals surface area contributed by atoms with E-state index < -0.39 is 5.91 Å². The Balaban J connectivity index is 1.69. The number of carbonyl (C=O) groups excluding carboxylic acids is 1. The van der Waals surface area contributed by atoms with Crippen LogP contribution in [-0.2, 0) is 6.54 Å². The van der Waals surface area contributed by atoms with E-state index in [9.17, 15) is 4.79 Å². The van der Waals surface area contributed by atoms with E-state index in [1.807, 2.05) is 49.4 Å². The minimum Gasteiger partial charge on any atom is -0.497 e. The van der Waals surface area contributed by atoms with Gasteiger partial charge < -0.3 is 14.5 Å². The Morgan fingerprint density at radius 2 is 2.00 bits per heavy atom. The predicted octanol–water partition coefficient (Wildman–Crippen LogP) is 2.98. The molecule has 1 heterocycles. The number of nitrogens with one attached hydrogen (secondary N) is 1. The molecule has 0 unspecified atom stereocenters. The number of amides is 1. The van der Waals surface area contributed by atoms with Gasteiger partial charge in [-0.05, 0) is 30.7 Å². The van der Waals surface area contributed by atoms with E-state index in [0.717, 1.165) is 11.1 Å². The summed E-state index contributed by atoms with van der Waals surface area (Å²) in [5.41, 5.74) is 2.84. The molecule has 0 aliphatic heterocycles. The van der Waals surface area contributed by atoms with Crippen LogP contribution in [-0.4, -0.2) is 23.2 Å². The van der Waals surface area contributed by atoms with Crippen LogP contribution in [0.5, 0.6) is 5.75 Å². The molecule has 0 saturated heterocycles. The van der Waals surface area contributed by atoms with Crippen molar-refractivity contribution in [1.82, 2.24) is 15.5 Å². The fourth-order valence-electron chi connectivity index (χ4n) is 2.27. The maximum atomic E-state index is 12.1. The number of benzene rings is 2. The topological polar surface area (TPSA) is 77.2 Å². The number of carbonyl (C=O) groups is 1. The van der Waals surface area contributed by atoms with Crippen LogP contribution in [0.25, 0.3) is 11.5 Å². The lowest BCUT2D eigenvalue weighted by atomic mass is 10.1. The van der Waals surface area contributed by atoms with Gasteiger partial charge in [0.15, 0.2) is 0 Å². The van der Waals surface area contributed by atoms with Gasteiger partial charge in [-0.15, -0.1) is 10.2 Å². The number of aromatic nitrogens is 2. The molecule has 1 N–H and O–H groups in total. The standard InChI is InChI=1S/C18H17N3O3/c1-12-5-3-6-13(9-12)11-19-16(22)18-21-20-17(24-18)14-7-4-8-15(10-14)23-2/h3-10H,11H2,1-2H3,(H,19,22). The van der Waals surface area contributed by atoms with E-state index in [1.165, 1.54) is 0 Å². The molecule has 0 atom stereocenters. The Hall–Kier alpha value is -3.15. The van der Waals surface area contributed by atoms with Gasteiger partial charge in [-0.3, -0.25) is 4.79 Å². The Labute approximate surface area is 139 Å². The molecule has 1 aromatic heterocycles. The molecule has 6 heteroatoms. The number of aryl methyl sites for hydroxylation is 1. The summed E-state index contributed by atoms with van der Waals surface area (Å²) in [6, 6.07) is 15.1. The third-order valence-electron chi connectivity index (χ3n) is 3.47. The van der Waals surface area contributed by atoms with Crippen molar-refractivity contribution in [1.29, 1.82) is 0 Å². The highest BCUT2D eigenvalue weighted by molar-refractivity contribution is 5.89. The van der Waals surface area contributed by atoms with Gasteiger partial charge in [0.25, 0.3) is 0 Å². The molecule has 0 saturated carbocycles. The summed E-state index contributed by atoms with van der Waals surface area (Å²) in [5, 5.41) is 10.5. The number of nitrogens with zero attached hydrogens (tertiary/aromatic N) is 2. The van der Waals surface area contributed by atoms with Gasteiger partial charge in [-0.25, -0.2) is 0 Å². The Bertz CT molecular complexity index is 858. The van der Waals surface area contributed by atoms with Gasteiger partial charge >= 0.3 is 11.8 Å². The highest BCUT2D eigenvalue weighted by Crippen LogP contribution is 2.22. The largest absolute Gasteiger partial charge is 0.497 e. The molecule has 24 heavy (non-hydrogen) atoms. The number of rotatable bonds is 5. The first kappa shape index (κ1) is 15.7. The molecule has 0 aliphatic rings. The van der Waals surface area contributed by atoms with Crippen molar-refractivity contribution >= 4 is 5.91 Å². The van der Waals surface area contributed by atoms with Crippen molar-refractivity contribution < 1.29 is 13.9 Å². The van der Waals surface area contributed by atoms with Gasteiger partial charge in [-0.2, -0.15) is 0 Å². The Kier molecular flexibility index (Phi) is 4.56. The minimum atomic E-state index is -0.404. The van der Waals surface area contributed by atoms with Gasteiger partial charge in [0.1, 0.15) is 5.75 Å². The van der Waals surface area contributed by atoms with Crippen LogP contribution >= 0.6 is 0 Å². The summed E-state index contributed by atoms with van der Waals surface area (Å²) in [7, 11) is 1.58. The summed E-state index contributed by atoms with van der Waals surface area (Å²) in [4.78, 5) is 12.1. The molecule has 3 aromatic rings. The first-order valence-electron chi connectivity index (χ1n) is 7.47. The lowest BCUT2D eigenvalue weighted by Crippen LogP contribution is -2.23. The van der Waals surface area contributed by atoms with Crippen molar-refractivity contribution in [3.63, 3.8) is 0 Å². The molecule has 0 aliphatic carbocycles. The van der Waals surface area contributed by atoms with Gasteiger partial charge in [0.2, 0.25) is 5.89 Å². The van der Waals surface area contributed by atoms with E-state index in [4.69, 9.17) is 9.15 Å². The average molecular weight is 323 g/mol. The zero-order valence-corrected chi connectivity index (χ0v) is 13.4. The summed E-state index contributed by atoms with van der Waals surface area (Å²) >= 11 is 0. The molecule has 2 aromatic carbocycles. The second-order valence-corrected chi connectivity index (χ2v) is 5.32. The second kappa shape index (κ2) is 6.95. The van der Waals surface area contributed by atoms with Crippen LogP contribution in [0, 0.1) is 6.92 Å². The fourth-order valence-corrected chi connectivity index (χ4v) is 2.27. The number of methoxy groups -OCH3 is 1. The summed E-state index contributed by atoms with van der Waals surface area (Å²) in [6.07, 6.45) is 0. The highest BCUT2D eigenvalue weighted by Gasteiger charge is 2.16. The number of hydrogen-bond acceptors (Lipinski definition) is 5. The fraction of sp³-hybridized carbons (Fsp3) is 0.167. The Morgan fingerprint density at radius 3 is 2.79 bits per heavy atom. The molecule has 0 fully saturated rings. The van der Waals surface area contributed by atoms with Crippen LogP contribution in [0.2, 0.25) is 0 Å². The predicted molar refractivity (Wildman–Crippen MR) is 88.6 cm³/mol. The maximum Gasteiger partial charge on any atom is 0.309 e. The zero-order valence-electron chi connectivity index (χ0n) is 13.4. The SMILES string of the molecule is COc1cccc(-c2nnc(C(=O)NCc3cccc(C)c3)o2)c1. The van der Waals surface area contributed by atoms with E-state index in [-0.39, 0.29) is 11.8 Å². The van der Waals surface area contributed by atoms with Crippen molar-refractivity contribution in [2.45, 2.75) is 13.5 Å². The van der Waals surface area contributed by atoms with Crippen LogP contribution in [0.15, 0.2) is 52.9 Å². The Morgan fingerprint density at radius 1 is 1.17 bits per heavy atom. The molecule has 3 rings (SSSR count). The van der Waals surface area contributed by atoms with Gasteiger partial charge in [-0.1, -0.05) is 35.9 Å². The molecular weight excluding hydrogens is 306 g/mol. The first-order valence-corrected chi connectivity index (χ1v) is 7.47. The first-order chi connectivity index (χ1) is 11.7. The summed E-state index contributed by atoms with van der Waals surface area (Å²) in [5.74, 6) is 0.476. The molecule has 122 valence electrons. The van der Waals surface area contributed by atoms with E-state index in [0.29, 0.717) is 17.9 Å². The lowest BCUT2D eigenvalue weighted by Gasteiger charge is -2.03. The molecule has 0 bridgehead atoms. The van der Waals surface area contributed by atoms with E-state index in [2.05, 4.69) is 15.5 Å². The monoisotopic (exact) mass is 323 g/mol. The van der Waals surface area contributed by atoms with Crippen molar-refractivity contribution in [2.24, 2.45) is 0 Å². The zero-order chi connectivity index (χ0) is 16.9. The molecule has 0 spiro atoms. The van der Waals surface area contributed by atoms with E-state index in [1.54, 1.807) is 13.2 Å². The smallest absolute Gasteiger partial charge is 0.309 e. The summed E-state index contributed by atoms with van der Waals surface area (Å²) < 4.78 is 10.6. The van der Waals surface area contributed by atoms with Crippen molar-refractivity contribution in [3.05, 3.63) is 65.5 Å². The van der Waals surface area contributed by atoms with Crippen molar-refractivity contribution in [3.8, 4) is 17.2 Å². The maximum absolute atomic E-state index is 12.1. The van der Waals surface area contributed by atoms with E-state index >= 15 is 0 Å².